The molecule has 2 atom stereocenters. The van der Waals surface area contributed by atoms with Crippen LogP contribution < -0.4 is 10.5 Å². The van der Waals surface area contributed by atoms with E-state index in [4.69, 9.17) is 10.2 Å². The summed E-state index contributed by atoms with van der Waals surface area (Å²) in [5, 5.41) is 15.8. The Morgan fingerprint density at radius 2 is 2.00 bits per heavy atom. The predicted molar refractivity (Wildman–Crippen MR) is 54.8 cm³/mol. The topological polar surface area (TPSA) is 127 Å². The highest BCUT2D eigenvalue weighted by atomic mass is 32.2. The fraction of sp³-hybridized carbons (Fsp3) is 0.750. The molecule has 0 bridgehead atoms. The monoisotopic (exact) mass is 250 g/mol. The van der Waals surface area contributed by atoms with Crippen molar-refractivity contribution in [3.05, 3.63) is 0 Å². The molecule has 2 unspecified atom stereocenters. The number of carbonyl (C=O) groups is 2. The van der Waals surface area contributed by atoms with E-state index in [0.717, 1.165) is 0 Å². The van der Waals surface area contributed by atoms with E-state index < -0.39 is 27.8 Å². The van der Waals surface area contributed by atoms with Crippen molar-refractivity contribution in [1.82, 2.24) is 5.32 Å². The van der Waals surface area contributed by atoms with Crippen molar-refractivity contribution in [2.24, 2.45) is 17.0 Å². The van der Waals surface area contributed by atoms with Gasteiger partial charge in [0.05, 0.1) is 17.6 Å². The minimum absolute atomic E-state index is 0.193. The van der Waals surface area contributed by atoms with Crippen molar-refractivity contribution < 1.29 is 23.1 Å². The van der Waals surface area contributed by atoms with Gasteiger partial charge in [-0.2, -0.15) is 0 Å². The van der Waals surface area contributed by atoms with E-state index >= 15 is 0 Å². The zero-order valence-corrected chi connectivity index (χ0v) is 9.37. The molecule has 7 nitrogen and oxygen atoms in total. The lowest BCUT2D eigenvalue weighted by molar-refractivity contribution is -0.140. The van der Waals surface area contributed by atoms with Crippen LogP contribution in [0.5, 0.6) is 0 Å². The van der Waals surface area contributed by atoms with Gasteiger partial charge in [-0.25, -0.2) is 13.6 Å². The lowest BCUT2D eigenvalue weighted by Gasteiger charge is -2.03. The average molecular weight is 250 g/mol. The Morgan fingerprint density at radius 3 is 2.44 bits per heavy atom. The summed E-state index contributed by atoms with van der Waals surface area (Å²) >= 11 is 0. The molecule has 0 aromatic carbocycles. The number of sulfonamides is 1. The number of nitrogens with one attached hydrogen (secondary N) is 1. The van der Waals surface area contributed by atoms with Gasteiger partial charge in [0.25, 0.3) is 0 Å². The van der Waals surface area contributed by atoms with Gasteiger partial charge in [0.1, 0.15) is 0 Å². The van der Waals surface area contributed by atoms with Crippen molar-refractivity contribution in [3.8, 4) is 0 Å². The van der Waals surface area contributed by atoms with Crippen LogP contribution in [0, 0.1) is 11.8 Å². The maximum atomic E-state index is 11.3. The molecule has 1 rings (SSSR count). The van der Waals surface area contributed by atoms with Gasteiger partial charge >= 0.3 is 5.97 Å². The minimum atomic E-state index is -3.50. The van der Waals surface area contributed by atoms with Crippen molar-refractivity contribution in [2.45, 2.75) is 12.8 Å². The molecule has 0 aromatic heterocycles. The summed E-state index contributed by atoms with van der Waals surface area (Å²) in [6.45, 7) is 0.193. The van der Waals surface area contributed by atoms with E-state index in [2.05, 4.69) is 5.32 Å². The number of nitrogens with two attached hydrogens (primary N) is 1. The Kier molecular flexibility index (Phi) is 3.87. The molecule has 0 heterocycles. The van der Waals surface area contributed by atoms with E-state index in [9.17, 15) is 18.0 Å². The molecule has 4 N–H and O–H groups in total. The number of primary sulfonamides is 1. The third kappa shape index (κ3) is 4.15. The second-order valence-corrected chi connectivity index (χ2v) is 5.53. The van der Waals surface area contributed by atoms with Crippen LogP contribution >= 0.6 is 0 Å². The van der Waals surface area contributed by atoms with Gasteiger partial charge in [-0.05, 0) is 12.8 Å². The molecule has 1 aliphatic carbocycles. The standard InChI is InChI=1S/C8H14N2O5S/c9-16(14,15)3-1-2-10-7(11)5-4-6(5)8(12)13/h5-6H,1-4H2,(H,10,11)(H,12,13)(H2,9,14,15). The fourth-order valence-electron chi connectivity index (χ4n) is 1.37. The molecule has 1 amide bonds. The molecule has 92 valence electrons. The molecule has 1 saturated carbocycles. The fourth-order valence-corrected chi connectivity index (χ4v) is 1.92. The Bertz CT molecular complexity index is 391. The molecule has 1 fully saturated rings. The van der Waals surface area contributed by atoms with E-state index in [1.807, 2.05) is 0 Å². The molecule has 0 spiro atoms. The van der Waals surface area contributed by atoms with Crippen LogP contribution in [0.2, 0.25) is 0 Å². The number of carboxylic acids is 1. The first-order valence-corrected chi connectivity index (χ1v) is 6.54. The summed E-state index contributed by atoms with van der Waals surface area (Å²) in [6, 6.07) is 0. The Morgan fingerprint density at radius 1 is 1.38 bits per heavy atom. The lowest BCUT2D eigenvalue weighted by Crippen LogP contribution is -2.29. The van der Waals surface area contributed by atoms with Crippen molar-refractivity contribution >= 4 is 21.9 Å². The number of hydrogen-bond donors (Lipinski definition) is 3. The normalized spacial score (nSPS) is 23.8. The van der Waals surface area contributed by atoms with Gasteiger partial charge < -0.3 is 10.4 Å². The van der Waals surface area contributed by atoms with Gasteiger partial charge in [-0.3, -0.25) is 9.59 Å². The highest BCUT2D eigenvalue weighted by Crippen LogP contribution is 2.38. The quantitative estimate of drug-likeness (QED) is 0.494. The van der Waals surface area contributed by atoms with Crippen molar-refractivity contribution in [3.63, 3.8) is 0 Å². The molecule has 0 radical (unpaired) electrons. The van der Waals surface area contributed by atoms with Crippen LogP contribution in [0.4, 0.5) is 0 Å². The second-order valence-electron chi connectivity index (χ2n) is 3.80. The first-order valence-electron chi connectivity index (χ1n) is 4.82. The summed E-state index contributed by atoms with van der Waals surface area (Å²) in [5.41, 5.74) is 0. The van der Waals surface area contributed by atoms with Crippen molar-refractivity contribution in [2.75, 3.05) is 12.3 Å². The Balaban J connectivity index is 2.16. The molecule has 16 heavy (non-hydrogen) atoms. The molecule has 1 aliphatic rings. The van der Waals surface area contributed by atoms with Crippen LogP contribution in [0.3, 0.4) is 0 Å². The molecule has 8 heteroatoms. The van der Waals surface area contributed by atoms with Gasteiger partial charge in [0.2, 0.25) is 15.9 Å². The van der Waals surface area contributed by atoms with Crippen LogP contribution in [0.1, 0.15) is 12.8 Å². The van der Waals surface area contributed by atoms with Crippen LogP contribution in [-0.2, 0) is 19.6 Å². The van der Waals surface area contributed by atoms with Crippen LogP contribution in [0.25, 0.3) is 0 Å². The first kappa shape index (κ1) is 12.9. The zero-order chi connectivity index (χ0) is 12.3. The van der Waals surface area contributed by atoms with Gasteiger partial charge in [0, 0.05) is 6.54 Å². The maximum absolute atomic E-state index is 11.3. The smallest absolute Gasteiger partial charge is 0.307 e. The summed E-state index contributed by atoms with van der Waals surface area (Å²) in [4.78, 5) is 21.8. The van der Waals surface area contributed by atoms with Crippen LogP contribution in [0.15, 0.2) is 0 Å². The third-order valence-electron chi connectivity index (χ3n) is 2.35. The molecular formula is C8H14N2O5S. The summed E-state index contributed by atoms with van der Waals surface area (Å²) in [6.07, 6.45) is 0.589. The maximum Gasteiger partial charge on any atom is 0.307 e. The molecule has 0 aliphatic heterocycles. The van der Waals surface area contributed by atoms with E-state index in [1.54, 1.807) is 0 Å². The highest BCUT2D eigenvalue weighted by Gasteiger charge is 2.48. The van der Waals surface area contributed by atoms with Crippen molar-refractivity contribution in [1.29, 1.82) is 0 Å². The third-order valence-corrected chi connectivity index (χ3v) is 3.21. The highest BCUT2D eigenvalue weighted by molar-refractivity contribution is 7.89. The van der Waals surface area contributed by atoms with E-state index in [1.165, 1.54) is 0 Å². The SMILES string of the molecule is NS(=O)(=O)CCCNC(=O)C1CC1C(=O)O. The number of amides is 1. The number of hydrogen-bond acceptors (Lipinski definition) is 4. The van der Waals surface area contributed by atoms with Gasteiger partial charge in [-0.15, -0.1) is 0 Å². The van der Waals surface area contributed by atoms with E-state index in [-0.39, 0.29) is 24.6 Å². The molecule has 0 saturated heterocycles. The molecule has 0 aromatic rings. The van der Waals surface area contributed by atoms with Gasteiger partial charge in [-0.1, -0.05) is 0 Å². The van der Waals surface area contributed by atoms with Crippen LogP contribution in [-0.4, -0.2) is 37.7 Å². The summed E-state index contributed by atoms with van der Waals surface area (Å²) in [7, 11) is -3.50. The Hall–Kier alpha value is -1.15. The predicted octanol–water partition coefficient (Wildman–Crippen LogP) is -1.50. The number of carboxylic acid groups (broad SMARTS) is 1. The number of aliphatic carboxylic acids is 1. The number of rotatable bonds is 6. The van der Waals surface area contributed by atoms with E-state index in [0.29, 0.717) is 6.42 Å². The summed E-state index contributed by atoms with van der Waals surface area (Å²) in [5.74, 6) is -2.54. The second kappa shape index (κ2) is 4.79. The zero-order valence-electron chi connectivity index (χ0n) is 8.55. The largest absolute Gasteiger partial charge is 0.481 e. The first-order chi connectivity index (χ1) is 7.31. The number of carbonyl (C=O) groups excluding carboxylic acids is 1. The average Bonchev–Trinajstić information content (AvgIpc) is 2.89. The Labute approximate surface area is 93.1 Å². The minimum Gasteiger partial charge on any atom is -0.481 e. The van der Waals surface area contributed by atoms with Gasteiger partial charge in [0.15, 0.2) is 0 Å². The lowest BCUT2D eigenvalue weighted by atomic mass is 10.3. The molecular weight excluding hydrogens is 236 g/mol. The summed E-state index contributed by atoms with van der Waals surface area (Å²) < 4.78 is 21.1.